The lowest BCUT2D eigenvalue weighted by Gasteiger charge is -2.49. The Morgan fingerprint density at radius 3 is 2.43 bits per heavy atom. The van der Waals surface area contributed by atoms with Crippen molar-refractivity contribution in [1.82, 2.24) is 10.2 Å². The van der Waals surface area contributed by atoms with Gasteiger partial charge in [0.1, 0.15) is 0 Å². The third-order valence-electron chi connectivity index (χ3n) is 5.33. The van der Waals surface area contributed by atoms with Gasteiger partial charge < -0.3 is 15.1 Å². The van der Waals surface area contributed by atoms with Crippen LogP contribution < -0.4 is 10.2 Å². The Labute approximate surface area is 129 Å². The molecule has 0 atom stereocenters. The third kappa shape index (κ3) is 3.24. The van der Waals surface area contributed by atoms with Gasteiger partial charge in [-0.25, -0.2) is 0 Å². The SMILES string of the molecule is CN(CC1(N(C)C)CCC1)c1ccccc1CNC1CC1. The van der Waals surface area contributed by atoms with Crippen molar-refractivity contribution in [3.8, 4) is 0 Å². The summed E-state index contributed by atoms with van der Waals surface area (Å²) in [6, 6.07) is 9.63. The highest BCUT2D eigenvalue weighted by atomic mass is 15.2. The molecule has 0 aromatic heterocycles. The minimum Gasteiger partial charge on any atom is -0.372 e. The van der Waals surface area contributed by atoms with Gasteiger partial charge in [-0.15, -0.1) is 0 Å². The number of anilines is 1. The zero-order valence-electron chi connectivity index (χ0n) is 13.7. The molecule has 0 bridgehead atoms. The van der Waals surface area contributed by atoms with Crippen LogP contribution in [0.1, 0.15) is 37.7 Å². The highest BCUT2D eigenvalue weighted by molar-refractivity contribution is 5.53. The van der Waals surface area contributed by atoms with E-state index in [-0.39, 0.29) is 0 Å². The number of hydrogen-bond acceptors (Lipinski definition) is 3. The molecule has 0 aliphatic heterocycles. The zero-order chi connectivity index (χ0) is 14.9. The minimum atomic E-state index is 0.381. The Hall–Kier alpha value is -1.06. The number of benzene rings is 1. The summed E-state index contributed by atoms with van der Waals surface area (Å²) >= 11 is 0. The topological polar surface area (TPSA) is 18.5 Å². The van der Waals surface area contributed by atoms with Gasteiger partial charge in [0.2, 0.25) is 0 Å². The molecule has 2 aliphatic rings. The summed E-state index contributed by atoms with van der Waals surface area (Å²) in [5.74, 6) is 0. The summed E-state index contributed by atoms with van der Waals surface area (Å²) in [6.45, 7) is 2.13. The molecule has 0 saturated heterocycles. The third-order valence-corrected chi connectivity index (χ3v) is 5.33. The second kappa shape index (κ2) is 5.98. The first-order chi connectivity index (χ1) is 10.1. The fourth-order valence-corrected chi connectivity index (χ4v) is 3.43. The van der Waals surface area contributed by atoms with E-state index in [2.05, 4.69) is 60.5 Å². The van der Waals surface area contributed by atoms with Crippen molar-refractivity contribution < 1.29 is 0 Å². The van der Waals surface area contributed by atoms with E-state index in [1.54, 1.807) is 0 Å². The van der Waals surface area contributed by atoms with E-state index in [0.29, 0.717) is 5.54 Å². The second-order valence-electron chi connectivity index (χ2n) is 7.11. The summed E-state index contributed by atoms with van der Waals surface area (Å²) in [7, 11) is 6.71. The average molecular weight is 287 g/mol. The molecule has 0 heterocycles. The highest BCUT2D eigenvalue weighted by Gasteiger charge is 2.40. The standard InChI is InChI=1S/C18H29N3/c1-20(2)18(11-6-12-18)14-21(3)17-8-5-4-7-15(17)13-19-16-9-10-16/h4-5,7-8,16,19H,6,9-14H2,1-3H3. The van der Waals surface area contributed by atoms with Crippen LogP contribution in [0.25, 0.3) is 0 Å². The van der Waals surface area contributed by atoms with Crippen molar-refractivity contribution in [2.75, 3.05) is 32.6 Å². The number of nitrogens with zero attached hydrogens (tertiary/aromatic N) is 2. The Bertz CT molecular complexity index is 475. The molecule has 2 saturated carbocycles. The minimum absolute atomic E-state index is 0.381. The smallest absolute Gasteiger partial charge is 0.0409 e. The first-order valence-corrected chi connectivity index (χ1v) is 8.31. The summed E-state index contributed by atoms with van der Waals surface area (Å²) in [6.07, 6.45) is 6.72. The van der Waals surface area contributed by atoms with Crippen LogP contribution in [-0.2, 0) is 6.54 Å². The lowest BCUT2D eigenvalue weighted by atomic mass is 9.75. The molecule has 3 nitrogen and oxygen atoms in total. The number of hydrogen-bond donors (Lipinski definition) is 1. The summed E-state index contributed by atoms with van der Waals surface area (Å²) in [5.41, 5.74) is 3.20. The Morgan fingerprint density at radius 1 is 1.14 bits per heavy atom. The molecule has 2 aliphatic carbocycles. The first-order valence-electron chi connectivity index (χ1n) is 8.31. The molecule has 0 spiro atoms. The van der Waals surface area contributed by atoms with Gasteiger partial charge in [0.15, 0.2) is 0 Å². The molecule has 0 unspecified atom stereocenters. The van der Waals surface area contributed by atoms with Crippen LogP contribution in [0, 0.1) is 0 Å². The van der Waals surface area contributed by atoms with Gasteiger partial charge in [0, 0.05) is 37.4 Å². The van der Waals surface area contributed by atoms with Crippen LogP contribution in [0.4, 0.5) is 5.69 Å². The van der Waals surface area contributed by atoms with Crippen LogP contribution in [0.3, 0.4) is 0 Å². The van der Waals surface area contributed by atoms with Gasteiger partial charge in [-0.2, -0.15) is 0 Å². The van der Waals surface area contributed by atoms with Crippen molar-refractivity contribution in [3.63, 3.8) is 0 Å². The highest BCUT2D eigenvalue weighted by Crippen LogP contribution is 2.37. The molecule has 1 N–H and O–H groups in total. The summed E-state index contributed by atoms with van der Waals surface area (Å²) in [4.78, 5) is 4.89. The maximum Gasteiger partial charge on any atom is 0.0409 e. The molecule has 116 valence electrons. The summed E-state index contributed by atoms with van der Waals surface area (Å²) in [5, 5.41) is 3.64. The van der Waals surface area contributed by atoms with Crippen LogP contribution in [0.15, 0.2) is 24.3 Å². The van der Waals surface area contributed by atoms with E-state index in [0.717, 1.165) is 19.1 Å². The molecule has 0 amide bonds. The predicted octanol–water partition coefficient (Wildman–Crippen LogP) is 2.86. The molecule has 1 aromatic rings. The average Bonchev–Trinajstić information content (AvgIpc) is 3.24. The number of likely N-dealkylation sites (N-methyl/N-ethyl adjacent to an activating group) is 2. The van der Waals surface area contributed by atoms with E-state index in [4.69, 9.17) is 0 Å². The van der Waals surface area contributed by atoms with Gasteiger partial charge in [0.25, 0.3) is 0 Å². The molecule has 21 heavy (non-hydrogen) atoms. The maximum atomic E-state index is 3.64. The van der Waals surface area contributed by atoms with Gasteiger partial charge in [0.05, 0.1) is 0 Å². The van der Waals surface area contributed by atoms with Gasteiger partial charge in [-0.1, -0.05) is 18.2 Å². The van der Waals surface area contributed by atoms with E-state index in [1.807, 2.05) is 0 Å². The van der Waals surface area contributed by atoms with Crippen molar-refractivity contribution >= 4 is 5.69 Å². The number of nitrogens with one attached hydrogen (secondary N) is 1. The Morgan fingerprint density at radius 2 is 1.86 bits per heavy atom. The Kier molecular flexibility index (Phi) is 4.23. The fourth-order valence-electron chi connectivity index (χ4n) is 3.43. The molecular formula is C18H29N3. The van der Waals surface area contributed by atoms with Crippen molar-refractivity contribution in [2.45, 2.75) is 50.2 Å². The monoisotopic (exact) mass is 287 g/mol. The molecule has 2 fully saturated rings. The van der Waals surface area contributed by atoms with Crippen LogP contribution in [-0.4, -0.2) is 44.2 Å². The van der Waals surface area contributed by atoms with Gasteiger partial charge in [-0.3, -0.25) is 0 Å². The quantitative estimate of drug-likeness (QED) is 0.832. The van der Waals surface area contributed by atoms with E-state index >= 15 is 0 Å². The molecule has 1 aromatic carbocycles. The zero-order valence-corrected chi connectivity index (χ0v) is 13.7. The lowest BCUT2D eigenvalue weighted by Crippen LogP contribution is -2.56. The molecule has 0 radical (unpaired) electrons. The second-order valence-corrected chi connectivity index (χ2v) is 7.11. The number of para-hydroxylation sites is 1. The first kappa shape index (κ1) is 14.9. The normalized spacial score (nSPS) is 20.4. The fraction of sp³-hybridized carbons (Fsp3) is 0.667. The van der Waals surface area contributed by atoms with Crippen LogP contribution in [0.5, 0.6) is 0 Å². The van der Waals surface area contributed by atoms with Crippen LogP contribution >= 0.6 is 0 Å². The van der Waals surface area contributed by atoms with E-state index < -0.39 is 0 Å². The predicted molar refractivity (Wildman–Crippen MR) is 89.8 cm³/mol. The van der Waals surface area contributed by atoms with Crippen molar-refractivity contribution in [2.24, 2.45) is 0 Å². The van der Waals surface area contributed by atoms with Crippen molar-refractivity contribution in [1.29, 1.82) is 0 Å². The largest absolute Gasteiger partial charge is 0.372 e. The van der Waals surface area contributed by atoms with E-state index in [1.165, 1.54) is 43.4 Å². The molecule has 3 rings (SSSR count). The number of rotatable bonds is 7. The Balaban J connectivity index is 1.69. The summed E-state index contributed by atoms with van der Waals surface area (Å²) < 4.78 is 0. The van der Waals surface area contributed by atoms with E-state index in [9.17, 15) is 0 Å². The van der Waals surface area contributed by atoms with Crippen LogP contribution in [0.2, 0.25) is 0 Å². The van der Waals surface area contributed by atoms with Gasteiger partial charge in [-0.05, 0) is 57.8 Å². The maximum absolute atomic E-state index is 3.64. The van der Waals surface area contributed by atoms with Crippen molar-refractivity contribution in [3.05, 3.63) is 29.8 Å². The van der Waals surface area contributed by atoms with Gasteiger partial charge >= 0.3 is 0 Å². The molecule has 3 heteroatoms. The molecular weight excluding hydrogens is 258 g/mol. The lowest BCUT2D eigenvalue weighted by molar-refractivity contribution is 0.0683.